The summed E-state index contributed by atoms with van der Waals surface area (Å²) in [5.41, 5.74) is 1.000. The van der Waals surface area contributed by atoms with Gasteiger partial charge in [0.1, 0.15) is 6.04 Å². The Bertz CT molecular complexity index is 885. The minimum absolute atomic E-state index is 0.179. The van der Waals surface area contributed by atoms with E-state index in [1.54, 1.807) is 36.0 Å². The average Bonchev–Trinajstić information content (AvgIpc) is 2.86. The van der Waals surface area contributed by atoms with Gasteiger partial charge in [0.05, 0.1) is 4.90 Å². The third-order valence-corrected chi connectivity index (χ3v) is 8.69. The zero-order chi connectivity index (χ0) is 25.7. The lowest BCUT2D eigenvalue weighted by Gasteiger charge is -2.31. The van der Waals surface area contributed by atoms with Crippen molar-refractivity contribution in [2.75, 3.05) is 44.9 Å². The lowest BCUT2D eigenvalue weighted by atomic mass is 9.96. The first-order chi connectivity index (χ1) is 16.8. The van der Waals surface area contributed by atoms with Gasteiger partial charge in [-0.15, -0.1) is 0 Å². The van der Waals surface area contributed by atoms with Crippen LogP contribution in [-0.2, 0) is 24.3 Å². The molecule has 1 heterocycles. The molecule has 0 aromatic heterocycles. The largest absolute Gasteiger partial charge is 0.381 e. The van der Waals surface area contributed by atoms with Crippen LogP contribution >= 0.6 is 11.8 Å². The molecule has 1 unspecified atom stereocenters. The van der Waals surface area contributed by atoms with Crippen molar-refractivity contribution < 1.29 is 22.7 Å². The summed E-state index contributed by atoms with van der Waals surface area (Å²) in [7, 11) is -3.57. The maximum absolute atomic E-state index is 12.9. The Labute approximate surface area is 215 Å². The fraction of sp³-hybridized carbons (Fsp3) is 0.680. The number of rotatable bonds is 15. The molecule has 0 spiro atoms. The summed E-state index contributed by atoms with van der Waals surface area (Å²) >= 11 is 1.63. The predicted molar refractivity (Wildman–Crippen MR) is 141 cm³/mol. The quantitative estimate of drug-likeness (QED) is 0.340. The van der Waals surface area contributed by atoms with Crippen LogP contribution in [0.2, 0.25) is 0 Å². The molecule has 0 radical (unpaired) electrons. The number of nitrogens with zero attached hydrogens (tertiary/aromatic N) is 1. The van der Waals surface area contributed by atoms with Crippen molar-refractivity contribution in [3.8, 4) is 0 Å². The smallest absolute Gasteiger partial charge is 0.243 e. The fourth-order valence-corrected chi connectivity index (χ4v) is 5.81. The number of ether oxygens (including phenoxy) is 1. The van der Waals surface area contributed by atoms with Crippen molar-refractivity contribution in [2.24, 2.45) is 5.92 Å². The molecule has 8 nitrogen and oxygen atoms in total. The second-order valence-electron chi connectivity index (χ2n) is 8.94. The molecule has 35 heavy (non-hydrogen) atoms. The zero-order valence-corrected chi connectivity index (χ0v) is 22.9. The van der Waals surface area contributed by atoms with Crippen molar-refractivity contribution >= 4 is 33.6 Å². The normalized spacial score (nSPS) is 16.1. The van der Waals surface area contributed by atoms with Gasteiger partial charge in [0.15, 0.2) is 0 Å². The molecule has 0 bridgehead atoms. The van der Waals surface area contributed by atoms with Gasteiger partial charge >= 0.3 is 0 Å². The molecule has 10 heteroatoms. The molecule has 1 fully saturated rings. The van der Waals surface area contributed by atoms with Gasteiger partial charge < -0.3 is 15.4 Å². The van der Waals surface area contributed by atoms with E-state index in [9.17, 15) is 18.0 Å². The minimum atomic E-state index is -3.57. The monoisotopic (exact) mass is 527 g/mol. The Balaban J connectivity index is 1.83. The molecule has 0 aliphatic carbocycles. The lowest BCUT2D eigenvalue weighted by molar-refractivity contribution is -0.131. The highest BCUT2D eigenvalue weighted by Crippen LogP contribution is 2.24. The van der Waals surface area contributed by atoms with Crippen molar-refractivity contribution in [3.05, 3.63) is 29.8 Å². The molecule has 2 amide bonds. The maximum atomic E-state index is 12.9. The Kier molecular flexibility index (Phi) is 13.1. The molecule has 2 rings (SSSR count). The number of benzene rings is 1. The van der Waals surface area contributed by atoms with E-state index >= 15 is 0 Å². The van der Waals surface area contributed by atoms with Crippen molar-refractivity contribution in [3.63, 3.8) is 0 Å². The molecule has 1 aromatic rings. The highest BCUT2D eigenvalue weighted by Gasteiger charge is 2.33. The van der Waals surface area contributed by atoms with Crippen molar-refractivity contribution in [1.29, 1.82) is 0 Å². The summed E-state index contributed by atoms with van der Waals surface area (Å²) in [5, 5.41) is 5.83. The van der Waals surface area contributed by atoms with Gasteiger partial charge in [0.2, 0.25) is 21.8 Å². The van der Waals surface area contributed by atoms with Crippen LogP contribution in [0, 0.1) is 12.8 Å². The number of sulfonamides is 1. The second-order valence-corrected chi connectivity index (χ2v) is 11.9. The van der Waals surface area contributed by atoms with E-state index < -0.39 is 16.1 Å². The highest BCUT2D eigenvalue weighted by atomic mass is 32.2. The van der Waals surface area contributed by atoms with Gasteiger partial charge in [0, 0.05) is 38.8 Å². The fourth-order valence-electron chi connectivity index (χ4n) is 3.87. The first-order valence-electron chi connectivity index (χ1n) is 12.5. The minimum Gasteiger partial charge on any atom is -0.381 e. The van der Waals surface area contributed by atoms with E-state index in [0.29, 0.717) is 32.4 Å². The first kappa shape index (κ1) is 29.6. The van der Waals surface area contributed by atoms with Gasteiger partial charge in [-0.2, -0.15) is 16.1 Å². The van der Waals surface area contributed by atoms with Crippen LogP contribution in [-0.4, -0.2) is 75.4 Å². The number of hydrogen-bond donors (Lipinski definition) is 2. The number of thioether (sulfide) groups is 1. The molecule has 1 aliphatic heterocycles. The number of aryl methyl sites for hydroxylation is 1. The second kappa shape index (κ2) is 15.5. The standard InChI is InChI=1S/C25H41N3O5S2/c1-4-5-17-33-18-6-14-26-25(30)23(13-19-34-3)27-24(29)21-11-15-28(16-12-21)35(31,32)22-9-7-20(2)8-10-22/h7-10,21,23H,4-6,11-19H2,1-3H3,(H,26,30)(H,27,29). The van der Waals surface area contributed by atoms with E-state index in [0.717, 1.165) is 37.2 Å². The zero-order valence-electron chi connectivity index (χ0n) is 21.3. The summed E-state index contributed by atoms with van der Waals surface area (Å²) in [6, 6.07) is 6.22. The number of piperidine rings is 1. The molecular weight excluding hydrogens is 486 g/mol. The van der Waals surface area contributed by atoms with Crippen LogP contribution in [0.25, 0.3) is 0 Å². The van der Waals surface area contributed by atoms with Crippen molar-refractivity contribution in [1.82, 2.24) is 14.9 Å². The van der Waals surface area contributed by atoms with E-state index in [2.05, 4.69) is 17.6 Å². The number of amides is 2. The van der Waals surface area contributed by atoms with Gasteiger partial charge in [-0.25, -0.2) is 8.42 Å². The topological polar surface area (TPSA) is 105 Å². The van der Waals surface area contributed by atoms with Crippen LogP contribution in [0.4, 0.5) is 0 Å². The summed E-state index contributed by atoms with van der Waals surface area (Å²) in [5.74, 6) is 0.0871. The summed E-state index contributed by atoms with van der Waals surface area (Å²) in [4.78, 5) is 25.9. The van der Waals surface area contributed by atoms with Crippen LogP contribution in [0.3, 0.4) is 0 Å². The highest BCUT2D eigenvalue weighted by molar-refractivity contribution is 7.98. The van der Waals surface area contributed by atoms with Gasteiger partial charge in [-0.1, -0.05) is 31.0 Å². The third-order valence-electron chi connectivity index (χ3n) is 6.13. The molecular formula is C25H41N3O5S2. The Morgan fingerprint density at radius 2 is 1.80 bits per heavy atom. The average molecular weight is 528 g/mol. The van der Waals surface area contributed by atoms with Gasteiger partial charge in [-0.3, -0.25) is 9.59 Å². The maximum Gasteiger partial charge on any atom is 0.243 e. The Morgan fingerprint density at radius 1 is 1.14 bits per heavy atom. The van der Waals surface area contributed by atoms with E-state index in [-0.39, 0.29) is 35.7 Å². The SMILES string of the molecule is CCCCOCCCNC(=O)C(CCSC)NC(=O)C1CCN(S(=O)(=O)c2ccc(C)cc2)CC1. The van der Waals surface area contributed by atoms with Crippen LogP contribution < -0.4 is 10.6 Å². The van der Waals surface area contributed by atoms with E-state index in [1.807, 2.05) is 13.2 Å². The Hall–Kier alpha value is -1.62. The molecule has 1 aliphatic rings. The van der Waals surface area contributed by atoms with Crippen LogP contribution in [0.5, 0.6) is 0 Å². The van der Waals surface area contributed by atoms with Crippen LogP contribution in [0.1, 0.15) is 51.0 Å². The number of carbonyl (C=O) groups excluding carboxylic acids is 2. The van der Waals surface area contributed by atoms with E-state index in [1.165, 1.54) is 4.31 Å². The third kappa shape index (κ3) is 9.74. The van der Waals surface area contributed by atoms with Crippen LogP contribution in [0.15, 0.2) is 29.2 Å². The molecule has 1 atom stereocenters. The number of unbranched alkanes of at least 4 members (excludes halogenated alkanes) is 1. The van der Waals surface area contributed by atoms with E-state index in [4.69, 9.17) is 4.74 Å². The number of hydrogen-bond acceptors (Lipinski definition) is 6. The molecule has 2 N–H and O–H groups in total. The van der Waals surface area contributed by atoms with Gasteiger partial charge in [-0.05, 0) is 63.2 Å². The summed E-state index contributed by atoms with van der Waals surface area (Å²) in [6.07, 6.45) is 6.24. The predicted octanol–water partition coefficient (Wildman–Crippen LogP) is 2.96. The number of carbonyl (C=O) groups is 2. The Morgan fingerprint density at radius 3 is 2.43 bits per heavy atom. The summed E-state index contributed by atoms with van der Waals surface area (Å²) in [6.45, 7) is 6.45. The van der Waals surface area contributed by atoms with Crippen molar-refractivity contribution in [2.45, 2.75) is 63.3 Å². The molecule has 0 saturated carbocycles. The lowest BCUT2D eigenvalue weighted by Crippen LogP contribution is -2.50. The molecule has 1 saturated heterocycles. The molecule has 198 valence electrons. The number of nitrogens with one attached hydrogen (secondary N) is 2. The van der Waals surface area contributed by atoms with Gasteiger partial charge in [0.25, 0.3) is 0 Å². The molecule has 1 aromatic carbocycles. The summed E-state index contributed by atoms with van der Waals surface area (Å²) < 4.78 is 32.8. The first-order valence-corrected chi connectivity index (χ1v) is 15.3.